The van der Waals surface area contributed by atoms with Crippen molar-refractivity contribution in [2.75, 3.05) is 6.54 Å². The highest BCUT2D eigenvalue weighted by atomic mass is 19.2. The third-order valence-electron chi connectivity index (χ3n) is 3.28. The van der Waals surface area contributed by atoms with Gasteiger partial charge in [-0.05, 0) is 24.5 Å². The smallest absolute Gasteiger partial charge is 0.161 e. The van der Waals surface area contributed by atoms with Crippen LogP contribution in [0.2, 0.25) is 0 Å². The van der Waals surface area contributed by atoms with Crippen molar-refractivity contribution in [3.63, 3.8) is 0 Å². The van der Waals surface area contributed by atoms with Crippen LogP contribution in [-0.4, -0.2) is 6.54 Å². The maximum atomic E-state index is 13.5. The molecule has 1 aliphatic rings. The normalized spacial score (nSPS) is 18.7. The van der Waals surface area contributed by atoms with E-state index in [1.165, 1.54) is 0 Å². The molecule has 0 amide bonds. The summed E-state index contributed by atoms with van der Waals surface area (Å²) in [7, 11) is 0. The van der Waals surface area contributed by atoms with E-state index in [0.29, 0.717) is 6.07 Å². The van der Waals surface area contributed by atoms with Gasteiger partial charge in [-0.25, -0.2) is 13.2 Å². The lowest BCUT2D eigenvalue weighted by Crippen LogP contribution is -2.42. The second kappa shape index (κ2) is 3.52. The Morgan fingerprint density at radius 1 is 1.07 bits per heavy atom. The second-order valence-corrected chi connectivity index (χ2v) is 4.08. The standard InChI is InChI=1S/C11H12F3N/c12-8-5-10(14)9(13)4-7(8)11(6-15)2-1-3-11/h4-5H,1-3,6,15H2. The fourth-order valence-corrected chi connectivity index (χ4v) is 2.12. The zero-order valence-corrected chi connectivity index (χ0v) is 8.19. The highest BCUT2D eigenvalue weighted by molar-refractivity contribution is 5.31. The van der Waals surface area contributed by atoms with E-state index in [1.807, 2.05) is 0 Å². The Morgan fingerprint density at radius 3 is 2.13 bits per heavy atom. The molecule has 1 nitrogen and oxygen atoms in total. The molecular formula is C11H12F3N. The predicted octanol–water partition coefficient (Wildman–Crippen LogP) is 2.48. The summed E-state index contributed by atoms with van der Waals surface area (Å²) >= 11 is 0. The lowest BCUT2D eigenvalue weighted by Gasteiger charge is -2.41. The highest BCUT2D eigenvalue weighted by Crippen LogP contribution is 2.44. The van der Waals surface area contributed by atoms with Crippen molar-refractivity contribution in [2.45, 2.75) is 24.7 Å². The molecule has 4 heteroatoms. The largest absolute Gasteiger partial charge is 0.330 e. The van der Waals surface area contributed by atoms with E-state index in [1.54, 1.807) is 0 Å². The van der Waals surface area contributed by atoms with Crippen LogP contribution in [-0.2, 0) is 5.41 Å². The number of hydrogen-bond acceptors (Lipinski definition) is 1. The number of hydrogen-bond donors (Lipinski definition) is 1. The van der Waals surface area contributed by atoms with E-state index < -0.39 is 22.9 Å². The van der Waals surface area contributed by atoms with Crippen LogP contribution in [0.3, 0.4) is 0 Å². The molecule has 15 heavy (non-hydrogen) atoms. The Hall–Kier alpha value is -1.03. The van der Waals surface area contributed by atoms with Gasteiger partial charge < -0.3 is 5.73 Å². The molecule has 1 aliphatic carbocycles. The SMILES string of the molecule is NCC1(c2cc(F)c(F)cc2F)CCC1. The fraction of sp³-hybridized carbons (Fsp3) is 0.455. The zero-order chi connectivity index (χ0) is 11.1. The van der Waals surface area contributed by atoms with Gasteiger partial charge in [-0.1, -0.05) is 6.42 Å². The topological polar surface area (TPSA) is 26.0 Å². The minimum atomic E-state index is -1.15. The number of rotatable bonds is 2. The summed E-state index contributed by atoms with van der Waals surface area (Å²) in [6.45, 7) is 0.273. The number of benzene rings is 1. The van der Waals surface area contributed by atoms with Gasteiger partial charge >= 0.3 is 0 Å². The van der Waals surface area contributed by atoms with Gasteiger partial charge in [0.05, 0.1) is 0 Å². The Labute approximate surface area is 86.1 Å². The van der Waals surface area contributed by atoms with Crippen molar-refractivity contribution in [1.82, 2.24) is 0 Å². The first-order valence-corrected chi connectivity index (χ1v) is 4.94. The van der Waals surface area contributed by atoms with E-state index in [-0.39, 0.29) is 12.1 Å². The quantitative estimate of drug-likeness (QED) is 0.753. The van der Waals surface area contributed by atoms with Crippen LogP contribution in [0.25, 0.3) is 0 Å². The molecule has 2 rings (SSSR count). The van der Waals surface area contributed by atoms with Crippen LogP contribution in [0.5, 0.6) is 0 Å². The van der Waals surface area contributed by atoms with E-state index in [4.69, 9.17) is 5.73 Å². The summed E-state index contributed by atoms with van der Waals surface area (Å²) in [5.41, 5.74) is 5.32. The van der Waals surface area contributed by atoms with Crippen LogP contribution < -0.4 is 5.73 Å². The van der Waals surface area contributed by atoms with Crippen molar-refractivity contribution in [2.24, 2.45) is 5.73 Å². The summed E-state index contributed by atoms with van der Waals surface area (Å²) in [4.78, 5) is 0. The molecule has 0 aliphatic heterocycles. The van der Waals surface area contributed by atoms with Crippen molar-refractivity contribution in [3.05, 3.63) is 35.1 Å². The summed E-state index contributed by atoms with van der Waals surface area (Å²) in [6, 6.07) is 1.54. The van der Waals surface area contributed by atoms with Gasteiger partial charge in [0.25, 0.3) is 0 Å². The lowest BCUT2D eigenvalue weighted by atomic mass is 9.64. The van der Waals surface area contributed by atoms with Crippen molar-refractivity contribution >= 4 is 0 Å². The van der Waals surface area contributed by atoms with Gasteiger partial charge in [0.2, 0.25) is 0 Å². The lowest BCUT2D eigenvalue weighted by molar-refractivity contribution is 0.243. The summed E-state index contributed by atoms with van der Waals surface area (Å²) < 4.78 is 39.2. The minimum absolute atomic E-state index is 0.218. The first-order valence-electron chi connectivity index (χ1n) is 4.94. The average Bonchev–Trinajstić information content (AvgIpc) is 2.12. The summed E-state index contributed by atoms with van der Waals surface area (Å²) in [5.74, 6) is -2.85. The molecule has 0 atom stereocenters. The molecule has 0 bridgehead atoms. The molecule has 1 aromatic rings. The van der Waals surface area contributed by atoms with Crippen LogP contribution in [0.4, 0.5) is 13.2 Å². The Balaban J connectivity index is 2.47. The van der Waals surface area contributed by atoms with Gasteiger partial charge in [-0.2, -0.15) is 0 Å². The molecule has 0 radical (unpaired) electrons. The Kier molecular flexibility index (Phi) is 2.46. The van der Waals surface area contributed by atoms with Gasteiger partial charge in [-0.3, -0.25) is 0 Å². The van der Waals surface area contributed by atoms with Crippen molar-refractivity contribution in [1.29, 1.82) is 0 Å². The molecular weight excluding hydrogens is 203 g/mol. The minimum Gasteiger partial charge on any atom is -0.330 e. The molecule has 0 unspecified atom stereocenters. The van der Waals surface area contributed by atoms with Crippen LogP contribution in [0.1, 0.15) is 24.8 Å². The molecule has 0 spiro atoms. The number of nitrogens with two attached hydrogens (primary N) is 1. The van der Waals surface area contributed by atoms with Gasteiger partial charge in [0.1, 0.15) is 5.82 Å². The number of halogens is 3. The first-order chi connectivity index (χ1) is 7.09. The Morgan fingerprint density at radius 2 is 1.67 bits per heavy atom. The summed E-state index contributed by atoms with van der Waals surface area (Å²) in [5, 5.41) is 0. The van der Waals surface area contributed by atoms with Gasteiger partial charge in [0, 0.05) is 18.0 Å². The zero-order valence-electron chi connectivity index (χ0n) is 8.19. The third-order valence-corrected chi connectivity index (χ3v) is 3.28. The van der Waals surface area contributed by atoms with Crippen molar-refractivity contribution in [3.8, 4) is 0 Å². The molecule has 0 saturated heterocycles. The highest BCUT2D eigenvalue weighted by Gasteiger charge is 2.39. The van der Waals surface area contributed by atoms with Crippen LogP contribution >= 0.6 is 0 Å². The molecule has 82 valence electrons. The molecule has 1 fully saturated rings. The van der Waals surface area contributed by atoms with E-state index >= 15 is 0 Å². The fourth-order valence-electron chi connectivity index (χ4n) is 2.12. The summed E-state index contributed by atoms with van der Waals surface area (Å²) in [6.07, 6.45) is 2.44. The molecule has 1 saturated carbocycles. The van der Waals surface area contributed by atoms with E-state index in [0.717, 1.165) is 25.3 Å². The van der Waals surface area contributed by atoms with Gasteiger partial charge in [-0.15, -0.1) is 0 Å². The van der Waals surface area contributed by atoms with E-state index in [9.17, 15) is 13.2 Å². The van der Waals surface area contributed by atoms with Crippen molar-refractivity contribution < 1.29 is 13.2 Å². The maximum Gasteiger partial charge on any atom is 0.161 e. The molecule has 1 aromatic carbocycles. The molecule has 2 N–H and O–H groups in total. The van der Waals surface area contributed by atoms with Gasteiger partial charge in [0.15, 0.2) is 11.6 Å². The monoisotopic (exact) mass is 215 g/mol. The molecule has 0 aromatic heterocycles. The third kappa shape index (κ3) is 1.53. The van der Waals surface area contributed by atoms with E-state index in [2.05, 4.69) is 0 Å². The Bertz CT molecular complexity index is 380. The first kappa shape index (κ1) is 10.5. The maximum absolute atomic E-state index is 13.5. The second-order valence-electron chi connectivity index (χ2n) is 4.08. The van der Waals surface area contributed by atoms with Crippen LogP contribution in [0.15, 0.2) is 12.1 Å². The molecule has 0 heterocycles. The van der Waals surface area contributed by atoms with Crippen LogP contribution in [0, 0.1) is 17.5 Å². The predicted molar refractivity (Wildman–Crippen MR) is 50.9 cm³/mol. The average molecular weight is 215 g/mol.